The summed E-state index contributed by atoms with van der Waals surface area (Å²) in [5, 5.41) is 13.5. The number of piperazine rings is 1. The van der Waals surface area contributed by atoms with Gasteiger partial charge in [-0.3, -0.25) is 9.91 Å². The molecular weight excluding hydrogens is 254 g/mol. The van der Waals surface area contributed by atoms with Crippen molar-refractivity contribution in [1.29, 1.82) is 0 Å². The number of carbonyl (C=O) groups excluding carboxylic acids is 1. The lowest BCUT2D eigenvalue weighted by atomic mass is 10.0. The van der Waals surface area contributed by atoms with Crippen molar-refractivity contribution >= 4 is 12.0 Å². The van der Waals surface area contributed by atoms with Crippen molar-refractivity contribution in [1.82, 2.24) is 15.2 Å². The van der Waals surface area contributed by atoms with E-state index in [0.29, 0.717) is 0 Å². The van der Waals surface area contributed by atoms with Crippen molar-refractivity contribution in [3.63, 3.8) is 0 Å². The Labute approximate surface area is 118 Å². The Kier molecular flexibility index (Phi) is 4.03. The monoisotopic (exact) mass is 273 g/mol. The average molecular weight is 273 g/mol. The molecule has 0 aromatic heterocycles. The molecule has 2 heterocycles. The second-order valence-corrected chi connectivity index (χ2v) is 5.08. The molecule has 1 unspecified atom stereocenters. The third-order valence-corrected chi connectivity index (χ3v) is 3.83. The number of nitrogens with one attached hydrogen (secondary N) is 1. The molecule has 6 nitrogen and oxygen atoms in total. The van der Waals surface area contributed by atoms with E-state index in [9.17, 15) is 4.79 Å². The summed E-state index contributed by atoms with van der Waals surface area (Å²) in [6.45, 7) is 5.79. The molecule has 1 fully saturated rings. The van der Waals surface area contributed by atoms with Crippen LogP contribution in [0, 0.1) is 0 Å². The predicted octanol–water partition coefficient (Wildman–Crippen LogP) is 1.15. The predicted molar refractivity (Wildman–Crippen MR) is 75.8 cm³/mol. The van der Waals surface area contributed by atoms with Crippen LogP contribution in [0.5, 0.6) is 0 Å². The number of fused-ring (bicyclic) bond motifs is 1. The van der Waals surface area contributed by atoms with Crippen LogP contribution < -0.4 is 5.32 Å². The molecule has 6 heteroatoms. The maximum Gasteiger partial charge on any atom is 0.148 e. The van der Waals surface area contributed by atoms with E-state index in [1.807, 2.05) is 24.3 Å². The van der Waals surface area contributed by atoms with E-state index in [4.69, 9.17) is 0 Å². The molecule has 1 atom stereocenters. The molecule has 1 saturated heterocycles. The van der Waals surface area contributed by atoms with Crippen molar-refractivity contribution in [2.24, 2.45) is 10.3 Å². The maximum absolute atomic E-state index is 11.4. The van der Waals surface area contributed by atoms with Crippen LogP contribution >= 0.6 is 0 Å². The first-order valence-corrected chi connectivity index (χ1v) is 7.04. The quantitative estimate of drug-likeness (QED) is 0.836. The SMILES string of the molecule is O=CC1c2ccccc2N=NN1CCN1CCNCC1. The number of rotatable bonds is 4. The van der Waals surface area contributed by atoms with E-state index in [2.05, 4.69) is 20.6 Å². The fourth-order valence-corrected chi connectivity index (χ4v) is 2.66. The van der Waals surface area contributed by atoms with Gasteiger partial charge in [-0.15, -0.1) is 5.11 Å². The van der Waals surface area contributed by atoms with Crippen molar-refractivity contribution in [3.8, 4) is 0 Å². The number of benzene rings is 1. The van der Waals surface area contributed by atoms with Gasteiger partial charge in [-0.05, 0) is 6.07 Å². The molecule has 1 N–H and O–H groups in total. The summed E-state index contributed by atoms with van der Waals surface area (Å²) in [5.41, 5.74) is 1.74. The lowest BCUT2D eigenvalue weighted by Gasteiger charge is -2.32. The zero-order valence-electron chi connectivity index (χ0n) is 11.4. The highest BCUT2D eigenvalue weighted by atomic mass is 16.1. The lowest BCUT2D eigenvalue weighted by molar-refractivity contribution is -0.113. The number of aldehydes is 1. The van der Waals surface area contributed by atoms with E-state index in [0.717, 1.165) is 56.8 Å². The van der Waals surface area contributed by atoms with Crippen molar-refractivity contribution in [2.75, 3.05) is 39.3 Å². The third-order valence-electron chi connectivity index (χ3n) is 3.83. The van der Waals surface area contributed by atoms with Crippen LogP contribution in [0.3, 0.4) is 0 Å². The van der Waals surface area contributed by atoms with Crippen LogP contribution in [-0.4, -0.2) is 55.5 Å². The highest BCUT2D eigenvalue weighted by Gasteiger charge is 2.25. The van der Waals surface area contributed by atoms with E-state index in [-0.39, 0.29) is 6.04 Å². The van der Waals surface area contributed by atoms with Crippen LogP contribution in [-0.2, 0) is 4.79 Å². The normalized spacial score (nSPS) is 22.6. The summed E-state index contributed by atoms with van der Waals surface area (Å²) in [4.78, 5) is 13.8. The van der Waals surface area contributed by atoms with Crippen molar-refractivity contribution in [2.45, 2.75) is 6.04 Å². The zero-order valence-corrected chi connectivity index (χ0v) is 11.4. The van der Waals surface area contributed by atoms with E-state index in [1.165, 1.54) is 0 Å². The molecule has 0 radical (unpaired) electrons. The first-order chi connectivity index (χ1) is 9.88. The summed E-state index contributed by atoms with van der Waals surface area (Å²) in [6, 6.07) is 7.38. The largest absolute Gasteiger partial charge is 0.314 e. The summed E-state index contributed by atoms with van der Waals surface area (Å²) in [6.07, 6.45) is 0.953. The highest BCUT2D eigenvalue weighted by molar-refractivity contribution is 5.66. The molecule has 0 spiro atoms. The Bertz CT molecular complexity index is 498. The van der Waals surface area contributed by atoms with Crippen molar-refractivity contribution < 1.29 is 4.79 Å². The fourth-order valence-electron chi connectivity index (χ4n) is 2.66. The number of hydrogen-bond acceptors (Lipinski definition) is 6. The molecule has 1 aromatic rings. The molecule has 2 aliphatic heterocycles. The Morgan fingerprint density at radius 3 is 2.85 bits per heavy atom. The van der Waals surface area contributed by atoms with Crippen LogP contribution in [0.4, 0.5) is 5.69 Å². The smallest absolute Gasteiger partial charge is 0.148 e. The molecule has 0 bridgehead atoms. The standard InChI is InChI=1S/C14H19N5O/c20-11-14-12-3-1-2-4-13(12)16-17-19(14)10-9-18-7-5-15-6-8-18/h1-4,11,14-15H,5-10H2. The van der Waals surface area contributed by atoms with Crippen LogP contribution in [0.1, 0.15) is 11.6 Å². The minimum atomic E-state index is -0.313. The highest BCUT2D eigenvalue weighted by Crippen LogP contribution is 2.33. The summed E-state index contributed by atoms with van der Waals surface area (Å²) >= 11 is 0. The molecule has 0 aliphatic carbocycles. The van der Waals surface area contributed by atoms with Gasteiger partial charge < -0.3 is 10.1 Å². The molecule has 2 aliphatic rings. The molecular formula is C14H19N5O. The van der Waals surface area contributed by atoms with Gasteiger partial charge in [0.25, 0.3) is 0 Å². The van der Waals surface area contributed by atoms with E-state index >= 15 is 0 Å². The molecule has 0 saturated carbocycles. The average Bonchev–Trinajstić information content (AvgIpc) is 2.53. The topological polar surface area (TPSA) is 60.3 Å². The summed E-state index contributed by atoms with van der Waals surface area (Å²) in [5.74, 6) is 0. The summed E-state index contributed by atoms with van der Waals surface area (Å²) < 4.78 is 0. The van der Waals surface area contributed by atoms with Gasteiger partial charge in [0.2, 0.25) is 0 Å². The first-order valence-electron chi connectivity index (χ1n) is 7.04. The van der Waals surface area contributed by atoms with E-state index < -0.39 is 0 Å². The van der Waals surface area contributed by atoms with Gasteiger partial charge in [0.1, 0.15) is 12.3 Å². The van der Waals surface area contributed by atoms with Crippen molar-refractivity contribution in [3.05, 3.63) is 29.8 Å². The molecule has 20 heavy (non-hydrogen) atoms. The lowest BCUT2D eigenvalue weighted by Crippen LogP contribution is -2.46. The van der Waals surface area contributed by atoms with Crippen LogP contribution in [0.15, 0.2) is 34.6 Å². The van der Waals surface area contributed by atoms with Gasteiger partial charge in [-0.2, -0.15) is 0 Å². The number of nitrogens with zero attached hydrogens (tertiary/aromatic N) is 4. The second-order valence-electron chi connectivity index (χ2n) is 5.08. The minimum absolute atomic E-state index is 0.313. The second kappa shape index (κ2) is 6.11. The Balaban J connectivity index is 1.66. The van der Waals surface area contributed by atoms with Gasteiger partial charge in [0.15, 0.2) is 0 Å². The first kappa shape index (κ1) is 13.2. The fraction of sp³-hybridized carbons (Fsp3) is 0.500. The number of hydrogen-bond donors (Lipinski definition) is 1. The molecule has 1 aromatic carbocycles. The Hall–Kier alpha value is -1.79. The molecule has 0 amide bonds. The Morgan fingerprint density at radius 2 is 2.05 bits per heavy atom. The minimum Gasteiger partial charge on any atom is -0.314 e. The van der Waals surface area contributed by atoms with Gasteiger partial charge in [-0.25, -0.2) is 0 Å². The third kappa shape index (κ3) is 2.71. The maximum atomic E-state index is 11.4. The van der Waals surface area contributed by atoms with Crippen LogP contribution in [0.2, 0.25) is 0 Å². The summed E-state index contributed by atoms with van der Waals surface area (Å²) in [7, 11) is 0. The van der Waals surface area contributed by atoms with Gasteiger partial charge >= 0.3 is 0 Å². The van der Waals surface area contributed by atoms with Gasteiger partial charge in [0.05, 0.1) is 12.2 Å². The zero-order chi connectivity index (χ0) is 13.8. The van der Waals surface area contributed by atoms with Gasteiger partial charge in [-0.1, -0.05) is 23.4 Å². The Morgan fingerprint density at radius 1 is 1.25 bits per heavy atom. The molecule has 106 valence electrons. The van der Waals surface area contributed by atoms with E-state index in [1.54, 1.807) is 5.01 Å². The van der Waals surface area contributed by atoms with Gasteiger partial charge in [0, 0.05) is 38.3 Å². The number of carbonyl (C=O) groups is 1. The molecule has 3 rings (SSSR count). The van der Waals surface area contributed by atoms with Crippen LogP contribution in [0.25, 0.3) is 0 Å².